The van der Waals surface area contributed by atoms with Crippen LogP contribution in [0.5, 0.6) is 0 Å². The number of aromatic nitrogens is 3. The molecule has 35 heavy (non-hydrogen) atoms. The minimum Gasteiger partial charge on any atom is -0.327 e. The molecule has 1 fully saturated rings. The third-order valence-corrected chi connectivity index (χ3v) is 7.32. The van der Waals surface area contributed by atoms with Crippen molar-refractivity contribution >= 4 is 16.8 Å². The van der Waals surface area contributed by atoms with Gasteiger partial charge in [0.1, 0.15) is 0 Å². The summed E-state index contributed by atoms with van der Waals surface area (Å²) in [4.78, 5) is 20.2. The molecule has 178 valence electrons. The molecule has 4 heterocycles. The largest absolute Gasteiger partial charge is 0.327 e. The van der Waals surface area contributed by atoms with Gasteiger partial charge in [-0.2, -0.15) is 5.10 Å². The quantitative estimate of drug-likeness (QED) is 0.356. The smallest absolute Gasteiger partial charge is 0.254 e. The lowest BCUT2D eigenvalue weighted by Crippen LogP contribution is -2.41. The van der Waals surface area contributed by atoms with Gasteiger partial charge in [-0.25, -0.2) is 13.2 Å². The number of benzene rings is 2. The number of carbonyl (C=O) groups is 1. The minimum atomic E-state index is -1.49. The Balaban J connectivity index is 1.40. The molecule has 4 aromatic rings. The first-order valence-corrected chi connectivity index (χ1v) is 11.6. The lowest BCUT2D eigenvalue weighted by Gasteiger charge is -2.34. The van der Waals surface area contributed by atoms with Crippen molar-refractivity contribution in [2.24, 2.45) is 7.05 Å². The Morgan fingerprint density at radius 3 is 2.51 bits per heavy atom. The summed E-state index contributed by atoms with van der Waals surface area (Å²) >= 11 is 0. The number of fused-ring (bicyclic) bond motifs is 5. The van der Waals surface area contributed by atoms with Crippen LogP contribution in [-0.4, -0.2) is 31.6 Å². The molecule has 2 aliphatic rings. The van der Waals surface area contributed by atoms with E-state index in [1.54, 1.807) is 11.7 Å². The molecule has 2 aliphatic heterocycles. The van der Waals surface area contributed by atoms with E-state index in [9.17, 15) is 18.0 Å². The van der Waals surface area contributed by atoms with E-state index in [2.05, 4.69) is 10.1 Å². The van der Waals surface area contributed by atoms with Gasteiger partial charge in [0.2, 0.25) is 0 Å². The number of rotatable bonds is 2. The van der Waals surface area contributed by atoms with Crippen molar-refractivity contribution in [3.05, 3.63) is 81.9 Å². The van der Waals surface area contributed by atoms with E-state index < -0.39 is 17.5 Å². The predicted octanol–water partition coefficient (Wildman–Crippen LogP) is 5.57. The van der Waals surface area contributed by atoms with Crippen LogP contribution >= 0.6 is 0 Å². The van der Waals surface area contributed by atoms with Gasteiger partial charge in [-0.05, 0) is 69.0 Å². The molecular formula is C27H23F3N4O. The predicted molar refractivity (Wildman–Crippen MR) is 125 cm³/mol. The maximum atomic E-state index is 14.0. The summed E-state index contributed by atoms with van der Waals surface area (Å²) in [5, 5.41) is 5.68. The van der Waals surface area contributed by atoms with Crippen LogP contribution in [0.4, 0.5) is 13.2 Å². The van der Waals surface area contributed by atoms with Crippen LogP contribution in [0.3, 0.4) is 0 Å². The highest BCUT2D eigenvalue weighted by atomic mass is 19.2. The normalized spacial score (nSPS) is 18.9. The van der Waals surface area contributed by atoms with Gasteiger partial charge >= 0.3 is 0 Å². The summed E-state index contributed by atoms with van der Waals surface area (Å²) in [6.45, 7) is 3.97. The molecule has 0 spiro atoms. The summed E-state index contributed by atoms with van der Waals surface area (Å²) in [5.41, 5.74) is 5.78. The number of hydrogen-bond acceptors (Lipinski definition) is 3. The second-order valence-electron chi connectivity index (χ2n) is 9.57. The topological polar surface area (TPSA) is 51.0 Å². The number of amides is 1. The van der Waals surface area contributed by atoms with E-state index in [-0.39, 0.29) is 23.6 Å². The second kappa shape index (κ2) is 7.66. The van der Waals surface area contributed by atoms with Crippen LogP contribution < -0.4 is 0 Å². The van der Waals surface area contributed by atoms with Gasteiger partial charge in [-0.15, -0.1) is 0 Å². The monoisotopic (exact) mass is 476 g/mol. The van der Waals surface area contributed by atoms with Gasteiger partial charge in [-0.1, -0.05) is 6.07 Å². The average Bonchev–Trinajstić information content (AvgIpc) is 3.32. The zero-order valence-electron chi connectivity index (χ0n) is 19.6. The Bertz CT molecular complexity index is 1520. The molecule has 0 aliphatic carbocycles. The maximum Gasteiger partial charge on any atom is 0.254 e. The fourth-order valence-electron chi connectivity index (χ4n) is 5.86. The third kappa shape index (κ3) is 3.26. The molecule has 2 aromatic carbocycles. The van der Waals surface area contributed by atoms with Crippen LogP contribution in [0.25, 0.3) is 22.2 Å². The summed E-state index contributed by atoms with van der Waals surface area (Å²) in [5.74, 6) is -4.03. The molecular weight excluding hydrogens is 453 g/mol. The molecule has 2 atom stereocenters. The lowest BCUT2D eigenvalue weighted by atomic mass is 9.94. The number of hydrogen-bond donors (Lipinski definition) is 0. The van der Waals surface area contributed by atoms with Crippen molar-refractivity contribution < 1.29 is 18.0 Å². The summed E-state index contributed by atoms with van der Waals surface area (Å²) < 4.78 is 43.1. The van der Waals surface area contributed by atoms with Crippen molar-refractivity contribution in [1.29, 1.82) is 0 Å². The van der Waals surface area contributed by atoms with Crippen molar-refractivity contribution in [1.82, 2.24) is 19.7 Å². The van der Waals surface area contributed by atoms with Crippen LogP contribution in [0.15, 0.2) is 36.4 Å². The zero-order chi connectivity index (χ0) is 24.6. The van der Waals surface area contributed by atoms with Crippen LogP contribution in [0, 0.1) is 31.3 Å². The molecule has 5 nitrogen and oxygen atoms in total. The van der Waals surface area contributed by atoms with Gasteiger partial charge in [0.05, 0.1) is 22.9 Å². The first-order valence-electron chi connectivity index (χ1n) is 11.6. The minimum absolute atomic E-state index is 0.0546. The van der Waals surface area contributed by atoms with Crippen LogP contribution in [-0.2, 0) is 13.5 Å². The van der Waals surface area contributed by atoms with Gasteiger partial charge < -0.3 is 4.90 Å². The van der Waals surface area contributed by atoms with Gasteiger partial charge in [-0.3, -0.25) is 14.5 Å². The fraction of sp³-hybridized carbons (Fsp3) is 0.296. The Morgan fingerprint density at radius 2 is 1.77 bits per heavy atom. The first-order chi connectivity index (χ1) is 16.7. The number of aryl methyl sites for hydroxylation is 3. The van der Waals surface area contributed by atoms with E-state index in [4.69, 9.17) is 0 Å². The molecule has 1 amide bonds. The molecule has 0 saturated carbocycles. The van der Waals surface area contributed by atoms with Crippen molar-refractivity contribution in [3.63, 3.8) is 0 Å². The standard InChI is InChI=1S/C27H23F3N4O/c1-13-8-14(2)31-22-11-15(4-6-18(13)22)27(35)34-17-5-7-23(34)25-19(12-17)26(33(3)32-25)16-9-20(28)24(30)21(29)10-16/h4,6,8-11,17,23H,5,7,12H2,1-3H3. The van der Waals surface area contributed by atoms with E-state index in [0.29, 0.717) is 17.7 Å². The number of carbonyl (C=O) groups excluding carboxylic acids is 1. The molecule has 0 N–H and O–H groups in total. The Kier molecular flexibility index (Phi) is 4.78. The van der Waals surface area contributed by atoms with Crippen molar-refractivity contribution in [2.45, 2.75) is 45.2 Å². The van der Waals surface area contributed by atoms with Gasteiger partial charge in [0.15, 0.2) is 17.5 Å². The van der Waals surface area contributed by atoms with E-state index in [1.165, 1.54) is 0 Å². The van der Waals surface area contributed by atoms with E-state index in [0.717, 1.165) is 58.4 Å². The number of pyridine rings is 1. The van der Waals surface area contributed by atoms with E-state index >= 15 is 0 Å². The molecule has 6 rings (SSSR count). The van der Waals surface area contributed by atoms with Gasteiger partial charge in [0.25, 0.3) is 5.91 Å². The number of halogens is 3. The van der Waals surface area contributed by atoms with E-state index in [1.807, 2.05) is 43.0 Å². The molecule has 0 radical (unpaired) electrons. The summed E-state index contributed by atoms with van der Waals surface area (Å²) in [6, 6.07) is 9.38. The summed E-state index contributed by atoms with van der Waals surface area (Å²) in [7, 11) is 1.70. The number of nitrogens with zero attached hydrogens (tertiary/aromatic N) is 4. The van der Waals surface area contributed by atoms with Crippen LogP contribution in [0.1, 0.15) is 51.8 Å². The Morgan fingerprint density at radius 1 is 1.03 bits per heavy atom. The highest BCUT2D eigenvalue weighted by Crippen LogP contribution is 2.47. The van der Waals surface area contributed by atoms with Crippen molar-refractivity contribution in [3.8, 4) is 11.3 Å². The lowest BCUT2D eigenvalue weighted by molar-refractivity contribution is 0.0642. The fourth-order valence-corrected chi connectivity index (χ4v) is 5.86. The maximum absolute atomic E-state index is 14.0. The van der Waals surface area contributed by atoms with Gasteiger partial charge in [0, 0.05) is 40.9 Å². The Hall–Kier alpha value is -3.68. The molecule has 1 saturated heterocycles. The summed E-state index contributed by atoms with van der Waals surface area (Å²) in [6.07, 6.45) is 2.09. The molecule has 2 unspecified atom stereocenters. The SMILES string of the molecule is Cc1cc(C)c2ccc(C(=O)N3C4CCC3c3nn(C)c(-c5cc(F)c(F)c(F)c5)c3C4)cc2n1. The highest BCUT2D eigenvalue weighted by molar-refractivity contribution is 5.99. The first kappa shape index (κ1) is 21.8. The Labute approximate surface area is 200 Å². The third-order valence-electron chi connectivity index (χ3n) is 7.32. The van der Waals surface area contributed by atoms with Crippen molar-refractivity contribution in [2.75, 3.05) is 0 Å². The highest BCUT2D eigenvalue weighted by Gasteiger charge is 2.45. The zero-order valence-corrected chi connectivity index (χ0v) is 19.6. The average molecular weight is 477 g/mol. The molecule has 2 bridgehead atoms. The molecule has 8 heteroatoms. The van der Waals surface area contributed by atoms with Crippen LogP contribution in [0.2, 0.25) is 0 Å². The molecule has 2 aromatic heterocycles. The second-order valence-corrected chi connectivity index (χ2v) is 9.57.